The van der Waals surface area contributed by atoms with E-state index < -0.39 is 5.97 Å². The van der Waals surface area contributed by atoms with E-state index in [9.17, 15) is 9.90 Å². The molecule has 0 radical (unpaired) electrons. The number of hydrogen-bond donors (Lipinski definition) is 1. The molecule has 0 spiro atoms. The van der Waals surface area contributed by atoms with Gasteiger partial charge in [0, 0.05) is 12.0 Å². The van der Waals surface area contributed by atoms with E-state index in [2.05, 4.69) is 4.57 Å². The zero-order chi connectivity index (χ0) is 13.0. The molecule has 0 bridgehead atoms. The Labute approximate surface area is 111 Å². The van der Waals surface area contributed by atoms with Gasteiger partial charge in [0.1, 0.15) is 5.82 Å². The number of hydrogen-bond acceptors (Lipinski definition) is 2. The third kappa shape index (κ3) is 1.59. The Bertz CT molecular complexity index is 666. The van der Waals surface area contributed by atoms with Crippen molar-refractivity contribution in [2.24, 2.45) is 0 Å². The second-order valence-corrected chi connectivity index (χ2v) is 5.68. The summed E-state index contributed by atoms with van der Waals surface area (Å²) in [6.45, 7) is 0. The Morgan fingerprint density at radius 3 is 2.63 bits per heavy atom. The molecule has 0 atom stereocenters. The van der Waals surface area contributed by atoms with Gasteiger partial charge in [0.2, 0.25) is 0 Å². The molecule has 4 heteroatoms. The van der Waals surface area contributed by atoms with Gasteiger partial charge < -0.3 is 9.67 Å². The van der Waals surface area contributed by atoms with Crippen LogP contribution in [0.25, 0.3) is 11.0 Å². The number of carboxylic acid groups (broad SMARTS) is 1. The molecule has 0 unspecified atom stereocenters. The van der Waals surface area contributed by atoms with Crippen LogP contribution in [0.15, 0.2) is 18.2 Å². The lowest BCUT2D eigenvalue weighted by Crippen LogP contribution is -2.20. The van der Waals surface area contributed by atoms with Crippen molar-refractivity contribution >= 4 is 17.0 Å². The van der Waals surface area contributed by atoms with Crippen LogP contribution >= 0.6 is 0 Å². The number of benzene rings is 1. The molecule has 0 saturated heterocycles. The molecule has 98 valence electrons. The predicted molar refractivity (Wildman–Crippen MR) is 71.6 cm³/mol. The van der Waals surface area contributed by atoms with Crippen LogP contribution in [0.2, 0.25) is 0 Å². The summed E-state index contributed by atoms with van der Waals surface area (Å²) in [5.41, 5.74) is 2.07. The summed E-state index contributed by atoms with van der Waals surface area (Å²) in [5.74, 6) is 0.816. The normalized spacial score (nSPS) is 19.6. The average molecular weight is 256 g/mol. The standard InChI is InChI=1S/C15H16N2O2/c18-15(19)11-5-2-6-12-13(11)17(10-3-1-4-10)14(16-12)9-7-8-9/h2,5-6,9-10H,1,3-4,7-8H2,(H,18,19). The molecule has 1 aromatic heterocycles. The van der Waals surface area contributed by atoms with Crippen LogP contribution in [0.3, 0.4) is 0 Å². The first kappa shape index (κ1) is 11.0. The summed E-state index contributed by atoms with van der Waals surface area (Å²) in [4.78, 5) is 16.2. The molecule has 0 aliphatic heterocycles. The Hall–Kier alpha value is -1.84. The minimum Gasteiger partial charge on any atom is -0.478 e. The maximum absolute atomic E-state index is 11.4. The van der Waals surface area contributed by atoms with Gasteiger partial charge in [-0.1, -0.05) is 6.07 Å². The first-order chi connectivity index (χ1) is 9.25. The van der Waals surface area contributed by atoms with E-state index in [1.54, 1.807) is 12.1 Å². The maximum atomic E-state index is 11.4. The fourth-order valence-electron chi connectivity index (χ4n) is 2.98. The van der Waals surface area contributed by atoms with Gasteiger partial charge in [-0.2, -0.15) is 0 Å². The van der Waals surface area contributed by atoms with Crippen molar-refractivity contribution in [3.8, 4) is 0 Å². The zero-order valence-corrected chi connectivity index (χ0v) is 10.7. The van der Waals surface area contributed by atoms with E-state index in [-0.39, 0.29) is 0 Å². The summed E-state index contributed by atoms with van der Waals surface area (Å²) >= 11 is 0. The van der Waals surface area contributed by atoms with Gasteiger partial charge in [-0.05, 0) is 44.2 Å². The second-order valence-electron chi connectivity index (χ2n) is 5.68. The molecule has 2 fully saturated rings. The van der Waals surface area contributed by atoms with Crippen LogP contribution in [0.5, 0.6) is 0 Å². The molecule has 2 aliphatic rings. The lowest BCUT2D eigenvalue weighted by Gasteiger charge is -2.29. The largest absolute Gasteiger partial charge is 0.478 e. The van der Waals surface area contributed by atoms with Gasteiger partial charge in [0.15, 0.2) is 0 Å². The number of carbonyl (C=O) groups is 1. The van der Waals surface area contributed by atoms with Gasteiger partial charge in [-0.25, -0.2) is 9.78 Å². The van der Waals surface area contributed by atoms with E-state index in [0.29, 0.717) is 17.5 Å². The SMILES string of the molecule is O=C(O)c1cccc2nc(C3CC3)n(C3CCC3)c12. The summed E-state index contributed by atoms with van der Waals surface area (Å²) < 4.78 is 2.24. The molecule has 2 aliphatic carbocycles. The first-order valence-corrected chi connectivity index (χ1v) is 7.00. The monoisotopic (exact) mass is 256 g/mol. The number of aromatic nitrogens is 2. The molecule has 1 aromatic carbocycles. The molecular weight excluding hydrogens is 240 g/mol. The Morgan fingerprint density at radius 2 is 2.05 bits per heavy atom. The lowest BCUT2D eigenvalue weighted by molar-refractivity contribution is 0.0698. The van der Waals surface area contributed by atoms with Gasteiger partial charge in [0.25, 0.3) is 0 Å². The summed E-state index contributed by atoms with van der Waals surface area (Å²) in [5, 5.41) is 9.40. The van der Waals surface area contributed by atoms with Crippen molar-refractivity contribution in [3.63, 3.8) is 0 Å². The zero-order valence-electron chi connectivity index (χ0n) is 10.7. The topological polar surface area (TPSA) is 55.1 Å². The fraction of sp³-hybridized carbons (Fsp3) is 0.467. The number of para-hydroxylation sites is 1. The van der Waals surface area contributed by atoms with Crippen molar-refractivity contribution < 1.29 is 9.90 Å². The summed E-state index contributed by atoms with van der Waals surface area (Å²) in [7, 11) is 0. The second kappa shape index (κ2) is 3.83. The Morgan fingerprint density at radius 1 is 1.26 bits per heavy atom. The molecule has 2 saturated carbocycles. The number of carboxylic acids is 1. The smallest absolute Gasteiger partial charge is 0.337 e. The van der Waals surface area contributed by atoms with E-state index >= 15 is 0 Å². The average Bonchev–Trinajstić information content (AvgIpc) is 3.10. The van der Waals surface area contributed by atoms with Crippen molar-refractivity contribution in [3.05, 3.63) is 29.6 Å². The van der Waals surface area contributed by atoms with E-state index in [4.69, 9.17) is 4.98 Å². The van der Waals surface area contributed by atoms with E-state index in [1.165, 1.54) is 19.3 Å². The minimum absolute atomic E-state index is 0.392. The number of rotatable bonds is 3. The number of imidazole rings is 1. The van der Waals surface area contributed by atoms with Crippen LogP contribution < -0.4 is 0 Å². The van der Waals surface area contributed by atoms with Gasteiger partial charge in [-0.3, -0.25) is 0 Å². The van der Waals surface area contributed by atoms with E-state index in [1.807, 2.05) is 6.07 Å². The third-order valence-electron chi connectivity index (χ3n) is 4.35. The van der Waals surface area contributed by atoms with Crippen molar-refractivity contribution in [2.75, 3.05) is 0 Å². The van der Waals surface area contributed by atoms with Crippen LogP contribution in [-0.2, 0) is 0 Å². The number of fused-ring (bicyclic) bond motifs is 1. The molecule has 1 N–H and O–H groups in total. The van der Waals surface area contributed by atoms with Crippen LogP contribution in [-0.4, -0.2) is 20.6 Å². The van der Waals surface area contributed by atoms with Gasteiger partial charge in [-0.15, -0.1) is 0 Å². The molecule has 2 aromatic rings. The van der Waals surface area contributed by atoms with Crippen LogP contribution in [0, 0.1) is 0 Å². The molecule has 4 rings (SSSR count). The molecule has 19 heavy (non-hydrogen) atoms. The highest BCUT2D eigenvalue weighted by Gasteiger charge is 2.34. The fourth-order valence-corrected chi connectivity index (χ4v) is 2.98. The highest BCUT2D eigenvalue weighted by molar-refractivity contribution is 6.01. The Balaban J connectivity index is 2.01. The summed E-state index contributed by atoms with van der Waals surface area (Å²) in [6, 6.07) is 5.88. The lowest BCUT2D eigenvalue weighted by atomic mass is 9.92. The number of nitrogens with zero attached hydrogens (tertiary/aromatic N) is 2. The summed E-state index contributed by atoms with van der Waals surface area (Å²) in [6.07, 6.45) is 5.93. The molecule has 0 amide bonds. The molecular formula is C15H16N2O2. The van der Waals surface area contributed by atoms with Gasteiger partial charge in [0.05, 0.1) is 16.6 Å². The van der Waals surface area contributed by atoms with Crippen LogP contribution in [0.4, 0.5) is 0 Å². The molecule has 1 heterocycles. The molecule has 4 nitrogen and oxygen atoms in total. The minimum atomic E-state index is -0.853. The van der Waals surface area contributed by atoms with Crippen molar-refractivity contribution in [1.82, 2.24) is 9.55 Å². The highest BCUT2D eigenvalue weighted by atomic mass is 16.4. The number of aromatic carboxylic acids is 1. The quantitative estimate of drug-likeness (QED) is 0.916. The van der Waals surface area contributed by atoms with E-state index in [0.717, 1.165) is 29.7 Å². The highest BCUT2D eigenvalue weighted by Crippen LogP contribution is 2.45. The van der Waals surface area contributed by atoms with Crippen molar-refractivity contribution in [1.29, 1.82) is 0 Å². The first-order valence-electron chi connectivity index (χ1n) is 7.00. The van der Waals surface area contributed by atoms with Crippen molar-refractivity contribution in [2.45, 2.75) is 44.1 Å². The Kier molecular flexibility index (Phi) is 2.22. The maximum Gasteiger partial charge on any atom is 0.337 e. The third-order valence-corrected chi connectivity index (χ3v) is 4.35. The van der Waals surface area contributed by atoms with Crippen LogP contribution in [0.1, 0.15) is 60.2 Å². The van der Waals surface area contributed by atoms with Gasteiger partial charge >= 0.3 is 5.97 Å². The predicted octanol–water partition coefficient (Wildman–Crippen LogP) is 3.34.